The summed E-state index contributed by atoms with van der Waals surface area (Å²) < 4.78 is 2.08. The minimum atomic E-state index is 0.195. The predicted molar refractivity (Wildman–Crippen MR) is 79.5 cm³/mol. The van der Waals surface area contributed by atoms with Crippen LogP contribution in [-0.2, 0) is 6.54 Å². The van der Waals surface area contributed by atoms with E-state index in [0.717, 1.165) is 12.2 Å². The Kier molecular flexibility index (Phi) is 4.05. The SMILES string of the molecule is CCn1nc(C)cc1C(NC)c1ccc(C)c(C)c1. The lowest BCUT2D eigenvalue weighted by molar-refractivity contribution is 0.561. The Morgan fingerprint density at radius 3 is 2.47 bits per heavy atom. The number of aromatic nitrogens is 2. The van der Waals surface area contributed by atoms with Gasteiger partial charge >= 0.3 is 0 Å². The predicted octanol–water partition coefficient (Wildman–Crippen LogP) is 3.14. The van der Waals surface area contributed by atoms with E-state index in [9.17, 15) is 0 Å². The van der Waals surface area contributed by atoms with Gasteiger partial charge in [0, 0.05) is 6.54 Å². The van der Waals surface area contributed by atoms with Crippen molar-refractivity contribution < 1.29 is 0 Å². The molecular formula is C16H23N3. The summed E-state index contributed by atoms with van der Waals surface area (Å²) in [6, 6.07) is 9.01. The van der Waals surface area contributed by atoms with Crippen molar-refractivity contribution in [2.24, 2.45) is 0 Å². The molecule has 3 heteroatoms. The fourth-order valence-corrected chi connectivity index (χ4v) is 2.48. The minimum absolute atomic E-state index is 0.195. The maximum atomic E-state index is 4.54. The minimum Gasteiger partial charge on any atom is -0.308 e. The molecule has 1 atom stereocenters. The molecule has 0 spiro atoms. The first kappa shape index (κ1) is 13.8. The van der Waals surface area contributed by atoms with E-state index >= 15 is 0 Å². The van der Waals surface area contributed by atoms with Crippen LogP contribution in [0.2, 0.25) is 0 Å². The third kappa shape index (κ3) is 2.71. The van der Waals surface area contributed by atoms with E-state index < -0.39 is 0 Å². The molecule has 2 aromatic rings. The van der Waals surface area contributed by atoms with Crippen molar-refractivity contribution in [1.29, 1.82) is 0 Å². The smallest absolute Gasteiger partial charge is 0.0746 e. The highest BCUT2D eigenvalue weighted by atomic mass is 15.3. The van der Waals surface area contributed by atoms with Crippen LogP contribution in [0.1, 0.15) is 41.0 Å². The van der Waals surface area contributed by atoms with Crippen LogP contribution in [0.4, 0.5) is 0 Å². The fraction of sp³-hybridized carbons (Fsp3) is 0.438. The molecule has 0 fully saturated rings. The Hall–Kier alpha value is -1.61. The second kappa shape index (κ2) is 5.57. The lowest BCUT2D eigenvalue weighted by atomic mass is 9.99. The van der Waals surface area contributed by atoms with E-state index in [2.05, 4.69) is 60.1 Å². The summed E-state index contributed by atoms with van der Waals surface area (Å²) in [5.41, 5.74) is 6.25. The van der Waals surface area contributed by atoms with Crippen LogP contribution in [0.15, 0.2) is 24.3 Å². The molecule has 0 radical (unpaired) electrons. The zero-order valence-electron chi connectivity index (χ0n) is 12.5. The molecule has 1 aromatic carbocycles. The Bertz CT molecular complexity index is 569. The van der Waals surface area contributed by atoms with Crippen molar-refractivity contribution in [3.8, 4) is 0 Å². The van der Waals surface area contributed by atoms with Gasteiger partial charge in [0.2, 0.25) is 0 Å². The summed E-state index contributed by atoms with van der Waals surface area (Å²) in [6.07, 6.45) is 0. The molecule has 0 saturated carbocycles. The summed E-state index contributed by atoms with van der Waals surface area (Å²) in [7, 11) is 2.00. The molecule has 0 bridgehead atoms. The van der Waals surface area contributed by atoms with Crippen LogP contribution in [-0.4, -0.2) is 16.8 Å². The van der Waals surface area contributed by atoms with E-state index in [-0.39, 0.29) is 6.04 Å². The summed E-state index contributed by atoms with van der Waals surface area (Å²) in [5, 5.41) is 7.95. The molecular weight excluding hydrogens is 234 g/mol. The first-order valence-corrected chi connectivity index (χ1v) is 6.85. The lowest BCUT2D eigenvalue weighted by Crippen LogP contribution is -2.21. The van der Waals surface area contributed by atoms with Gasteiger partial charge in [0.15, 0.2) is 0 Å². The molecule has 0 aliphatic heterocycles. The van der Waals surface area contributed by atoms with E-state index in [1.54, 1.807) is 0 Å². The van der Waals surface area contributed by atoms with Gasteiger partial charge in [-0.15, -0.1) is 0 Å². The molecule has 2 rings (SSSR count). The zero-order chi connectivity index (χ0) is 14.0. The van der Waals surface area contributed by atoms with E-state index in [1.165, 1.54) is 22.4 Å². The van der Waals surface area contributed by atoms with Gasteiger partial charge in [-0.1, -0.05) is 18.2 Å². The van der Waals surface area contributed by atoms with Crippen molar-refractivity contribution in [3.63, 3.8) is 0 Å². The number of nitrogens with zero attached hydrogens (tertiary/aromatic N) is 2. The standard InChI is InChI=1S/C16H23N3/c1-6-19-15(10-13(4)18-19)16(17-5)14-8-7-11(2)12(3)9-14/h7-10,16-17H,6H2,1-5H3. The fourth-order valence-electron chi connectivity index (χ4n) is 2.48. The van der Waals surface area contributed by atoms with Crippen LogP contribution >= 0.6 is 0 Å². The van der Waals surface area contributed by atoms with Gasteiger partial charge in [0.05, 0.1) is 17.4 Å². The van der Waals surface area contributed by atoms with Crippen molar-refractivity contribution in [2.45, 2.75) is 40.3 Å². The van der Waals surface area contributed by atoms with Crippen molar-refractivity contribution in [3.05, 3.63) is 52.3 Å². The van der Waals surface area contributed by atoms with Gasteiger partial charge in [-0.2, -0.15) is 5.10 Å². The summed E-state index contributed by atoms with van der Waals surface area (Å²) in [5.74, 6) is 0. The molecule has 0 amide bonds. The van der Waals surface area contributed by atoms with Gasteiger partial charge < -0.3 is 5.32 Å². The molecule has 0 saturated heterocycles. The number of rotatable bonds is 4. The van der Waals surface area contributed by atoms with Gasteiger partial charge in [-0.05, 0) is 57.5 Å². The quantitative estimate of drug-likeness (QED) is 0.912. The molecule has 19 heavy (non-hydrogen) atoms. The maximum Gasteiger partial charge on any atom is 0.0746 e. The number of hydrogen-bond donors (Lipinski definition) is 1. The van der Waals surface area contributed by atoms with E-state index in [0.29, 0.717) is 0 Å². The van der Waals surface area contributed by atoms with Gasteiger partial charge in [0.1, 0.15) is 0 Å². The first-order chi connectivity index (χ1) is 9.06. The molecule has 0 aliphatic carbocycles. The summed E-state index contributed by atoms with van der Waals surface area (Å²) in [6.45, 7) is 9.37. The molecule has 1 unspecified atom stereocenters. The lowest BCUT2D eigenvalue weighted by Gasteiger charge is -2.19. The van der Waals surface area contributed by atoms with Crippen LogP contribution < -0.4 is 5.32 Å². The highest BCUT2D eigenvalue weighted by molar-refractivity contribution is 5.35. The maximum absolute atomic E-state index is 4.54. The highest BCUT2D eigenvalue weighted by Crippen LogP contribution is 2.24. The van der Waals surface area contributed by atoms with Crippen LogP contribution in [0.3, 0.4) is 0 Å². The summed E-state index contributed by atoms with van der Waals surface area (Å²) >= 11 is 0. The van der Waals surface area contributed by atoms with E-state index in [1.807, 2.05) is 14.0 Å². The van der Waals surface area contributed by atoms with Crippen LogP contribution in [0.25, 0.3) is 0 Å². The van der Waals surface area contributed by atoms with Crippen molar-refractivity contribution >= 4 is 0 Å². The van der Waals surface area contributed by atoms with Crippen molar-refractivity contribution in [1.82, 2.24) is 15.1 Å². The normalized spacial score (nSPS) is 12.7. The van der Waals surface area contributed by atoms with Gasteiger partial charge in [0.25, 0.3) is 0 Å². The van der Waals surface area contributed by atoms with Gasteiger partial charge in [-0.3, -0.25) is 4.68 Å². The molecule has 102 valence electrons. The third-order valence-corrected chi connectivity index (χ3v) is 3.68. The zero-order valence-corrected chi connectivity index (χ0v) is 12.5. The van der Waals surface area contributed by atoms with Crippen LogP contribution in [0.5, 0.6) is 0 Å². The Balaban J connectivity index is 2.46. The third-order valence-electron chi connectivity index (χ3n) is 3.68. The second-order valence-corrected chi connectivity index (χ2v) is 5.09. The molecule has 1 heterocycles. The Morgan fingerprint density at radius 1 is 1.16 bits per heavy atom. The van der Waals surface area contributed by atoms with Crippen LogP contribution in [0, 0.1) is 20.8 Å². The first-order valence-electron chi connectivity index (χ1n) is 6.85. The number of aryl methyl sites for hydroxylation is 4. The Morgan fingerprint density at radius 2 is 1.89 bits per heavy atom. The topological polar surface area (TPSA) is 29.9 Å². The molecule has 1 N–H and O–H groups in total. The van der Waals surface area contributed by atoms with E-state index in [4.69, 9.17) is 0 Å². The monoisotopic (exact) mass is 257 g/mol. The Labute approximate surface area is 115 Å². The molecule has 1 aromatic heterocycles. The second-order valence-electron chi connectivity index (χ2n) is 5.09. The average Bonchev–Trinajstić information content (AvgIpc) is 2.76. The molecule has 3 nitrogen and oxygen atoms in total. The number of nitrogens with one attached hydrogen (secondary N) is 1. The summed E-state index contributed by atoms with van der Waals surface area (Å²) in [4.78, 5) is 0. The number of benzene rings is 1. The number of hydrogen-bond acceptors (Lipinski definition) is 2. The highest BCUT2D eigenvalue weighted by Gasteiger charge is 2.17. The van der Waals surface area contributed by atoms with Crippen molar-refractivity contribution in [2.75, 3.05) is 7.05 Å². The largest absolute Gasteiger partial charge is 0.308 e. The average molecular weight is 257 g/mol. The molecule has 0 aliphatic rings. The van der Waals surface area contributed by atoms with Gasteiger partial charge in [-0.25, -0.2) is 0 Å².